The van der Waals surface area contributed by atoms with Crippen LogP contribution in [0.1, 0.15) is 11.1 Å². The van der Waals surface area contributed by atoms with Crippen molar-refractivity contribution in [3.8, 4) is 0 Å². The Kier molecular flexibility index (Phi) is 4.97. The van der Waals surface area contributed by atoms with Gasteiger partial charge in [-0.15, -0.1) is 11.8 Å². The zero-order valence-corrected chi connectivity index (χ0v) is 10.9. The number of alkyl halides is 3. The van der Waals surface area contributed by atoms with E-state index in [1.165, 1.54) is 17.8 Å². The second kappa shape index (κ2) is 6.05. The summed E-state index contributed by atoms with van der Waals surface area (Å²) in [6.45, 7) is 0. The van der Waals surface area contributed by atoms with Crippen LogP contribution in [0.3, 0.4) is 0 Å². The van der Waals surface area contributed by atoms with E-state index in [9.17, 15) is 13.2 Å². The van der Waals surface area contributed by atoms with Gasteiger partial charge in [-0.3, -0.25) is 5.43 Å². The molecular weight excluding hydrogens is 283 g/mol. The maximum atomic E-state index is 12.8. The third-order valence-electron chi connectivity index (χ3n) is 1.94. The Morgan fingerprint density at radius 1 is 1.50 bits per heavy atom. The van der Waals surface area contributed by atoms with Crippen LogP contribution in [0, 0.1) is 0 Å². The van der Waals surface area contributed by atoms with Crippen molar-refractivity contribution in [2.24, 2.45) is 10.8 Å². The first-order valence-electron chi connectivity index (χ1n) is 4.68. The molecule has 1 aromatic carbocycles. The number of hydrogen-bond acceptors (Lipinski definition) is 3. The number of nitrogens with one attached hydrogen (secondary N) is 1. The average Bonchev–Trinajstić information content (AvgIpc) is 2.27. The molecule has 0 saturated carbocycles. The highest BCUT2D eigenvalue weighted by Gasteiger charge is 2.33. The van der Waals surface area contributed by atoms with E-state index in [1.807, 2.05) is 0 Å². The van der Waals surface area contributed by atoms with Gasteiger partial charge in [0.1, 0.15) is 0 Å². The normalized spacial score (nSPS) is 11.8. The van der Waals surface area contributed by atoms with Crippen molar-refractivity contribution in [2.45, 2.75) is 11.1 Å². The Hall–Kier alpha value is -1.28. The number of halogens is 3. The molecule has 1 aromatic rings. The summed E-state index contributed by atoms with van der Waals surface area (Å²) in [6, 6.07) is 4.01. The lowest BCUT2D eigenvalue weighted by molar-refractivity contribution is -0.137. The summed E-state index contributed by atoms with van der Waals surface area (Å²) in [4.78, 5) is 0.529. The smallest absolute Gasteiger partial charge is 0.375 e. The lowest BCUT2D eigenvalue weighted by Crippen LogP contribution is -2.24. The number of hydrogen-bond donors (Lipinski definition) is 2. The van der Waals surface area contributed by atoms with E-state index >= 15 is 0 Å². The average molecular weight is 293 g/mol. The SMILES string of the molecule is CSc1ccc(C=NNC(N)=S)c(C(F)(F)F)c1. The molecule has 0 atom stereocenters. The standard InChI is InChI=1S/C10H10F3N3S2/c1-18-7-3-2-6(5-15-16-9(14)17)8(4-7)10(11,12)13/h2-5H,1H3,(H3,14,16,17). The Bertz CT molecular complexity index is 472. The molecule has 0 aliphatic rings. The van der Waals surface area contributed by atoms with Crippen LogP contribution in [-0.4, -0.2) is 17.6 Å². The summed E-state index contributed by atoms with van der Waals surface area (Å²) >= 11 is 5.72. The maximum absolute atomic E-state index is 12.8. The van der Waals surface area contributed by atoms with Gasteiger partial charge in [0.2, 0.25) is 0 Å². The number of nitrogens with two attached hydrogens (primary N) is 1. The topological polar surface area (TPSA) is 50.4 Å². The predicted molar refractivity (Wildman–Crippen MR) is 70.7 cm³/mol. The first kappa shape index (κ1) is 14.8. The monoisotopic (exact) mass is 293 g/mol. The van der Waals surface area contributed by atoms with Gasteiger partial charge in [-0.2, -0.15) is 18.3 Å². The summed E-state index contributed by atoms with van der Waals surface area (Å²) in [5.74, 6) is 0. The van der Waals surface area contributed by atoms with Crippen molar-refractivity contribution in [1.29, 1.82) is 0 Å². The molecule has 0 heterocycles. The molecule has 0 bridgehead atoms. The van der Waals surface area contributed by atoms with Crippen LogP contribution in [0.4, 0.5) is 13.2 Å². The molecule has 0 unspecified atom stereocenters. The van der Waals surface area contributed by atoms with E-state index in [2.05, 4.69) is 22.7 Å². The number of hydrazone groups is 1. The van der Waals surface area contributed by atoms with Gasteiger partial charge in [0.05, 0.1) is 11.8 Å². The summed E-state index contributed by atoms with van der Waals surface area (Å²) in [5.41, 5.74) is 6.52. The fraction of sp³-hybridized carbons (Fsp3) is 0.200. The van der Waals surface area contributed by atoms with Crippen molar-refractivity contribution < 1.29 is 13.2 Å². The molecule has 98 valence electrons. The van der Waals surface area contributed by atoms with E-state index in [1.54, 1.807) is 12.3 Å². The minimum absolute atomic E-state index is 0.0518. The Balaban J connectivity index is 3.10. The zero-order valence-electron chi connectivity index (χ0n) is 9.28. The fourth-order valence-corrected chi connectivity index (χ4v) is 1.68. The first-order chi connectivity index (χ1) is 8.34. The molecule has 8 heteroatoms. The molecule has 0 aromatic heterocycles. The molecule has 0 spiro atoms. The van der Waals surface area contributed by atoms with Gasteiger partial charge in [0.15, 0.2) is 5.11 Å². The van der Waals surface area contributed by atoms with Crippen molar-refractivity contribution in [2.75, 3.05) is 6.26 Å². The molecule has 1 rings (SSSR count). The van der Waals surface area contributed by atoms with Crippen LogP contribution in [0.2, 0.25) is 0 Å². The lowest BCUT2D eigenvalue weighted by Gasteiger charge is -2.11. The summed E-state index contributed by atoms with van der Waals surface area (Å²) < 4.78 is 38.4. The van der Waals surface area contributed by atoms with Crippen molar-refractivity contribution in [1.82, 2.24) is 5.43 Å². The molecule has 0 aliphatic carbocycles. The van der Waals surface area contributed by atoms with Crippen LogP contribution in [0.25, 0.3) is 0 Å². The molecule has 3 nitrogen and oxygen atoms in total. The zero-order chi connectivity index (χ0) is 13.8. The molecule has 0 radical (unpaired) electrons. The second-order valence-electron chi connectivity index (χ2n) is 3.19. The number of nitrogens with zero attached hydrogens (tertiary/aromatic N) is 1. The van der Waals surface area contributed by atoms with E-state index in [0.717, 1.165) is 12.3 Å². The van der Waals surface area contributed by atoms with Gasteiger partial charge in [-0.1, -0.05) is 6.07 Å². The third-order valence-corrected chi connectivity index (χ3v) is 2.76. The minimum atomic E-state index is -4.43. The van der Waals surface area contributed by atoms with Gasteiger partial charge in [0.25, 0.3) is 0 Å². The minimum Gasteiger partial charge on any atom is -0.375 e. The Morgan fingerprint density at radius 2 is 2.17 bits per heavy atom. The molecule has 0 amide bonds. The number of rotatable bonds is 3. The van der Waals surface area contributed by atoms with Gasteiger partial charge >= 0.3 is 6.18 Å². The highest BCUT2D eigenvalue weighted by Crippen LogP contribution is 2.33. The van der Waals surface area contributed by atoms with Crippen molar-refractivity contribution in [3.63, 3.8) is 0 Å². The quantitative estimate of drug-likeness (QED) is 0.389. The van der Waals surface area contributed by atoms with Gasteiger partial charge in [-0.05, 0) is 30.6 Å². The van der Waals surface area contributed by atoms with E-state index in [4.69, 9.17) is 5.73 Å². The van der Waals surface area contributed by atoms with Crippen LogP contribution in [0.15, 0.2) is 28.2 Å². The van der Waals surface area contributed by atoms with Gasteiger partial charge in [0, 0.05) is 10.5 Å². The number of thiocarbonyl (C=S) groups is 1. The van der Waals surface area contributed by atoms with Crippen LogP contribution < -0.4 is 11.2 Å². The van der Waals surface area contributed by atoms with Gasteiger partial charge < -0.3 is 5.73 Å². The van der Waals surface area contributed by atoms with E-state index < -0.39 is 11.7 Å². The Labute approximate surface area is 112 Å². The first-order valence-corrected chi connectivity index (χ1v) is 6.31. The Morgan fingerprint density at radius 3 is 2.67 bits per heavy atom. The van der Waals surface area contributed by atoms with Crippen LogP contribution >= 0.6 is 24.0 Å². The lowest BCUT2D eigenvalue weighted by atomic mass is 10.1. The highest BCUT2D eigenvalue weighted by atomic mass is 32.2. The van der Waals surface area contributed by atoms with Crippen LogP contribution in [0.5, 0.6) is 0 Å². The van der Waals surface area contributed by atoms with E-state index in [-0.39, 0.29) is 10.7 Å². The molecule has 3 N–H and O–H groups in total. The number of thioether (sulfide) groups is 1. The van der Waals surface area contributed by atoms with E-state index in [0.29, 0.717) is 4.90 Å². The molecule has 0 fully saturated rings. The second-order valence-corrected chi connectivity index (χ2v) is 4.50. The largest absolute Gasteiger partial charge is 0.417 e. The highest BCUT2D eigenvalue weighted by molar-refractivity contribution is 7.98. The number of benzene rings is 1. The van der Waals surface area contributed by atoms with Crippen molar-refractivity contribution in [3.05, 3.63) is 29.3 Å². The summed E-state index contributed by atoms with van der Waals surface area (Å²) in [5, 5.41) is 3.41. The van der Waals surface area contributed by atoms with Crippen molar-refractivity contribution >= 4 is 35.3 Å². The van der Waals surface area contributed by atoms with Crippen LogP contribution in [-0.2, 0) is 6.18 Å². The fourth-order valence-electron chi connectivity index (χ4n) is 1.19. The van der Waals surface area contributed by atoms with Gasteiger partial charge in [-0.25, -0.2) is 0 Å². The molecular formula is C10H10F3N3S2. The molecule has 0 aliphatic heterocycles. The molecule has 0 saturated heterocycles. The maximum Gasteiger partial charge on any atom is 0.417 e. The predicted octanol–water partition coefficient (Wildman–Crippen LogP) is 2.59. The third kappa shape index (κ3) is 4.19. The molecule has 18 heavy (non-hydrogen) atoms. The summed E-state index contributed by atoms with van der Waals surface area (Å²) in [6.07, 6.45) is -1.69. The summed E-state index contributed by atoms with van der Waals surface area (Å²) in [7, 11) is 0.